The van der Waals surface area contributed by atoms with Crippen LogP contribution in [-0.4, -0.2) is 84.1 Å². The van der Waals surface area contributed by atoms with Crippen molar-refractivity contribution in [2.45, 2.75) is 36.1 Å². The van der Waals surface area contributed by atoms with Crippen LogP contribution in [-0.2, 0) is 41.1 Å². The Kier molecular flexibility index (Phi) is 8.96. The number of carbonyl (C=O) groups is 1. The smallest absolute Gasteiger partial charge is 0.243 e. The maximum Gasteiger partial charge on any atom is 0.243 e. The van der Waals surface area contributed by atoms with E-state index in [0.717, 1.165) is 11.0 Å². The van der Waals surface area contributed by atoms with Crippen LogP contribution in [0.5, 0.6) is 0 Å². The van der Waals surface area contributed by atoms with E-state index in [0.29, 0.717) is 24.8 Å². The lowest BCUT2D eigenvalue weighted by Crippen LogP contribution is -2.46. The SMILES string of the molecule is C=CS(=O)(=O)NC[C@H]1CCCN1S(=O)(=O)c1ccc(C(Cc2ccccc2)C(=O)N2CCS(=O)(=O)CC2)cc1. The monoisotopic (exact) mass is 595 g/mol. The van der Waals surface area contributed by atoms with E-state index in [1.165, 1.54) is 16.4 Å². The van der Waals surface area contributed by atoms with Crippen LogP contribution in [0.15, 0.2) is 71.5 Å². The summed E-state index contributed by atoms with van der Waals surface area (Å²) >= 11 is 0. The molecule has 0 spiro atoms. The van der Waals surface area contributed by atoms with Gasteiger partial charge in [0.2, 0.25) is 26.0 Å². The molecule has 39 heavy (non-hydrogen) atoms. The van der Waals surface area contributed by atoms with Gasteiger partial charge in [-0.15, -0.1) is 0 Å². The molecular formula is C26H33N3O7S3. The molecule has 4 rings (SSSR count). The van der Waals surface area contributed by atoms with E-state index in [2.05, 4.69) is 11.3 Å². The first kappa shape index (κ1) is 29.4. The van der Waals surface area contributed by atoms with Crippen molar-refractivity contribution in [3.8, 4) is 0 Å². The normalized spacial score (nSPS) is 20.9. The molecule has 2 fully saturated rings. The molecule has 0 radical (unpaired) electrons. The first-order valence-electron chi connectivity index (χ1n) is 12.7. The molecule has 2 aliphatic rings. The number of rotatable bonds is 10. The summed E-state index contributed by atoms with van der Waals surface area (Å²) in [6, 6.07) is 15.1. The number of nitrogens with one attached hydrogen (secondary N) is 1. The van der Waals surface area contributed by atoms with Crippen LogP contribution < -0.4 is 4.72 Å². The Labute approximate surface area is 230 Å². The minimum Gasteiger partial charge on any atom is -0.340 e. The highest BCUT2D eigenvalue weighted by Crippen LogP contribution is 2.29. The van der Waals surface area contributed by atoms with Crippen molar-refractivity contribution in [1.29, 1.82) is 0 Å². The molecule has 2 aromatic carbocycles. The van der Waals surface area contributed by atoms with Crippen LogP contribution in [0.1, 0.15) is 29.9 Å². The van der Waals surface area contributed by atoms with Crippen molar-refractivity contribution < 1.29 is 30.0 Å². The molecule has 2 aromatic rings. The third-order valence-electron chi connectivity index (χ3n) is 7.19. The van der Waals surface area contributed by atoms with E-state index in [1.54, 1.807) is 17.0 Å². The van der Waals surface area contributed by atoms with Crippen LogP contribution in [0, 0.1) is 0 Å². The third-order valence-corrected chi connectivity index (χ3v) is 11.8. The minimum absolute atomic E-state index is 0.0507. The molecule has 1 N–H and O–H groups in total. The number of benzene rings is 2. The lowest BCUT2D eigenvalue weighted by atomic mass is 9.90. The second kappa shape index (κ2) is 11.9. The van der Waals surface area contributed by atoms with Crippen molar-refractivity contribution in [3.05, 3.63) is 77.7 Å². The fraction of sp³-hybridized carbons (Fsp3) is 0.423. The van der Waals surface area contributed by atoms with Gasteiger partial charge in [0, 0.05) is 37.6 Å². The highest BCUT2D eigenvalue weighted by Gasteiger charge is 2.36. The lowest BCUT2D eigenvalue weighted by molar-refractivity contribution is -0.132. The zero-order chi connectivity index (χ0) is 28.3. The van der Waals surface area contributed by atoms with Crippen LogP contribution in [0.3, 0.4) is 0 Å². The zero-order valence-corrected chi connectivity index (χ0v) is 23.9. The molecule has 1 amide bonds. The van der Waals surface area contributed by atoms with Crippen molar-refractivity contribution in [2.75, 3.05) is 37.7 Å². The van der Waals surface area contributed by atoms with Gasteiger partial charge in [-0.3, -0.25) is 4.79 Å². The molecule has 2 aliphatic heterocycles. The second-order valence-electron chi connectivity index (χ2n) is 9.76. The number of sulfone groups is 1. The molecule has 0 aliphatic carbocycles. The van der Waals surface area contributed by atoms with Crippen LogP contribution in [0.2, 0.25) is 0 Å². The quantitative estimate of drug-likeness (QED) is 0.439. The maximum atomic E-state index is 13.6. The summed E-state index contributed by atoms with van der Waals surface area (Å²) in [7, 11) is -10.7. The zero-order valence-electron chi connectivity index (χ0n) is 21.5. The van der Waals surface area contributed by atoms with E-state index in [-0.39, 0.29) is 48.5 Å². The van der Waals surface area contributed by atoms with Gasteiger partial charge >= 0.3 is 0 Å². The first-order chi connectivity index (χ1) is 18.4. The molecule has 0 saturated carbocycles. The van der Waals surface area contributed by atoms with Crippen molar-refractivity contribution >= 4 is 35.8 Å². The van der Waals surface area contributed by atoms with Gasteiger partial charge in [-0.2, -0.15) is 4.31 Å². The number of nitrogens with zero attached hydrogens (tertiary/aromatic N) is 2. The summed E-state index contributed by atoms with van der Waals surface area (Å²) in [6.45, 7) is 3.74. The molecule has 2 heterocycles. The Hall–Kier alpha value is -2.58. The summed E-state index contributed by atoms with van der Waals surface area (Å²) in [6.07, 6.45) is 1.51. The highest BCUT2D eigenvalue weighted by molar-refractivity contribution is 7.92. The summed E-state index contributed by atoms with van der Waals surface area (Å²) in [5.41, 5.74) is 1.56. The van der Waals surface area contributed by atoms with Crippen LogP contribution in [0.4, 0.5) is 0 Å². The topological polar surface area (TPSA) is 138 Å². The van der Waals surface area contributed by atoms with Gasteiger partial charge in [0.15, 0.2) is 9.84 Å². The fourth-order valence-electron chi connectivity index (χ4n) is 4.96. The summed E-state index contributed by atoms with van der Waals surface area (Å²) < 4.78 is 77.9. The molecule has 1 unspecified atom stereocenters. The minimum atomic E-state index is -3.91. The van der Waals surface area contributed by atoms with E-state index < -0.39 is 41.8 Å². The molecule has 0 aromatic heterocycles. The Morgan fingerprint density at radius 2 is 1.64 bits per heavy atom. The summed E-state index contributed by atoms with van der Waals surface area (Å²) in [5.74, 6) is -0.960. The predicted molar refractivity (Wildman–Crippen MR) is 149 cm³/mol. The van der Waals surface area contributed by atoms with Crippen LogP contribution in [0.25, 0.3) is 0 Å². The van der Waals surface area contributed by atoms with Gasteiger partial charge in [-0.25, -0.2) is 30.0 Å². The Morgan fingerprint density at radius 1 is 1.00 bits per heavy atom. The molecule has 13 heteroatoms. The molecule has 10 nitrogen and oxygen atoms in total. The van der Waals surface area contributed by atoms with Gasteiger partial charge in [0.1, 0.15) is 0 Å². The number of hydrogen-bond acceptors (Lipinski definition) is 7. The summed E-state index contributed by atoms with van der Waals surface area (Å²) in [4.78, 5) is 15.2. The molecule has 0 bridgehead atoms. The van der Waals surface area contributed by atoms with Gasteiger partial charge in [-0.05, 0) is 42.5 Å². The van der Waals surface area contributed by atoms with Gasteiger partial charge in [-0.1, -0.05) is 49.0 Å². The van der Waals surface area contributed by atoms with Crippen molar-refractivity contribution in [2.24, 2.45) is 0 Å². The Morgan fingerprint density at radius 3 is 2.26 bits per heavy atom. The molecule has 2 atom stereocenters. The Bertz CT molecular complexity index is 1490. The van der Waals surface area contributed by atoms with E-state index in [9.17, 15) is 30.0 Å². The second-order valence-corrected chi connectivity index (χ2v) is 15.7. The van der Waals surface area contributed by atoms with Crippen molar-refractivity contribution in [3.63, 3.8) is 0 Å². The Balaban J connectivity index is 1.56. The van der Waals surface area contributed by atoms with E-state index in [4.69, 9.17) is 0 Å². The number of sulfonamides is 2. The largest absolute Gasteiger partial charge is 0.340 e. The average Bonchev–Trinajstić information content (AvgIpc) is 3.41. The fourth-order valence-corrected chi connectivity index (χ4v) is 8.40. The van der Waals surface area contributed by atoms with Gasteiger partial charge < -0.3 is 4.90 Å². The van der Waals surface area contributed by atoms with E-state index in [1.807, 2.05) is 30.3 Å². The van der Waals surface area contributed by atoms with Crippen molar-refractivity contribution in [1.82, 2.24) is 13.9 Å². The highest BCUT2D eigenvalue weighted by atomic mass is 32.2. The predicted octanol–water partition coefficient (Wildman–Crippen LogP) is 1.49. The molecule has 2 saturated heterocycles. The van der Waals surface area contributed by atoms with Crippen LogP contribution >= 0.6 is 0 Å². The standard InChI is InChI=1S/C26H33N3O7S3/c1-2-38(33,34)27-20-23-9-6-14-29(23)39(35,36)24-12-10-22(11-13-24)25(19-21-7-4-3-5-8-21)26(30)28-15-17-37(31,32)18-16-28/h2-5,7-8,10-13,23,25,27H,1,6,9,14-20H2/t23-,25?/m1/s1. The van der Waals surface area contributed by atoms with Gasteiger partial charge in [0.05, 0.1) is 22.3 Å². The lowest BCUT2D eigenvalue weighted by Gasteiger charge is -2.31. The molecule has 212 valence electrons. The van der Waals surface area contributed by atoms with E-state index >= 15 is 0 Å². The third kappa shape index (κ3) is 7.14. The summed E-state index contributed by atoms with van der Waals surface area (Å²) in [5, 5.41) is 0.787. The maximum absolute atomic E-state index is 13.6. The number of hydrogen-bond donors (Lipinski definition) is 1. The first-order valence-corrected chi connectivity index (χ1v) is 17.5. The number of amides is 1. The average molecular weight is 596 g/mol. The molecular weight excluding hydrogens is 563 g/mol. The number of carbonyl (C=O) groups excluding carboxylic acids is 1. The van der Waals surface area contributed by atoms with Gasteiger partial charge in [0.25, 0.3) is 0 Å².